The number of rotatable bonds is 1. The van der Waals surface area contributed by atoms with E-state index in [9.17, 15) is 8.78 Å². The van der Waals surface area contributed by atoms with Crippen molar-refractivity contribution in [2.24, 2.45) is 7.05 Å². The molecule has 84 valence electrons. The summed E-state index contributed by atoms with van der Waals surface area (Å²) in [5.74, 6) is -3.04. The van der Waals surface area contributed by atoms with Crippen molar-refractivity contribution in [1.29, 1.82) is 0 Å². The summed E-state index contributed by atoms with van der Waals surface area (Å²) in [4.78, 5) is 0. The largest absolute Gasteiger partial charge is 0.354 e. The van der Waals surface area contributed by atoms with E-state index in [-0.39, 0.29) is 11.8 Å². The lowest BCUT2D eigenvalue weighted by atomic mass is 9.86. The molecule has 1 unspecified atom stereocenters. The van der Waals surface area contributed by atoms with Gasteiger partial charge in [0.15, 0.2) is 0 Å². The van der Waals surface area contributed by atoms with Gasteiger partial charge in [-0.15, -0.1) is 0 Å². The van der Waals surface area contributed by atoms with Gasteiger partial charge < -0.3 is 4.57 Å². The Morgan fingerprint density at radius 3 is 2.33 bits per heavy atom. The second kappa shape index (κ2) is 2.83. The quantitative estimate of drug-likeness (QED) is 0.673. The number of aromatic nitrogens is 1. The predicted octanol–water partition coefficient (Wildman–Crippen LogP) is 3.45. The summed E-state index contributed by atoms with van der Waals surface area (Å²) in [6, 6.07) is 1.96. The number of hydrogen-bond acceptors (Lipinski definition) is 0. The fourth-order valence-electron chi connectivity index (χ4n) is 2.12. The molecule has 1 aliphatic rings. The number of hydrogen-bond donors (Lipinski definition) is 0. The molecule has 0 saturated heterocycles. The van der Waals surface area contributed by atoms with Crippen LogP contribution in [0.2, 0.25) is 0 Å². The van der Waals surface area contributed by atoms with Crippen molar-refractivity contribution < 1.29 is 8.78 Å². The van der Waals surface area contributed by atoms with E-state index in [4.69, 9.17) is 0 Å². The van der Waals surface area contributed by atoms with Crippen LogP contribution in [-0.2, 0) is 12.5 Å². The van der Waals surface area contributed by atoms with E-state index >= 15 is 0 Å². The first kappa shape index (κ1) is 10.7. The minimum atomic E-state index is -2.48. The maximum absolute atomic E-state index is 13.1. The summed E-state index contributed by atoms with van der Waals surface area (Å²) in [5, 5.41) is 0. The van der Waals surface area contributed by atoms with Crippen LogP contribution in [0.1, 0.15) is 44.4 Å². The average molecular weight is 213 g/mol. The zero-order chi connectivity index (χ0) is 11.4. The highest BCUT2D eigenvalue weighted by Gasteiger charge is 2.59. The van der Waals surface area contributed by atoms with Gasteiger partial charge in [-0.05, 0) is 17.0 Å². The van der Waals surface area contributed by atoms with E-state index in [2.05, 4.69) is 20.8 Å². The minimum absolute atomic E-state index is 0.00787. The van der Waals surface area contributed by atoms with Crippen LogP contribution in [0.25, 0.3) is 0 Å². The molecule has 0 spiro atoms. The van der Waals surface area contributed by atoms with Gasteiger partial charge in [0.1, 0.15) is 0 Å². The third kappa shape index (κ3) is 1.68. The van der Waals surface area contributed by atoms with Crippen molar-refractivity contribution in [1.82, 2.24) is 4.57 Å². The molecule has 15 heavy (non-hydrogen) atoms. The zero-order valence-corrected chi connectivity index (χ0v) is 9.64. The van der Waals surface area contributed by atoms with Crippen molar-refractivity contribution in [3.8, 4) is 0 Å². The van der Waals surface area contributed by atoms with E-state index in [0.717, 1.165) is 11.3 Å². The molecule has 0 aliphatic heterocycles. The van der Waals surface area contributed by atoms with Crippen LogP contribution in [0.5, 0.6) is 0 Å². The Balaban J connectivity index is 2.43. The van der Waals surface area contributed by atoms with Gasteiger partial charge in [-0.1, -0.05) is 20.8 Å². The lowest BCUT2D eigenvalue weighted by Gasteiger charge is -2.20. The molecule has 0 bridgehead atoms. The highest BCUT2D eigenvalue weighted by molar-refractivity contribution is 5.37. The maximum atomic E-state index is 13.1. The molecule has 3 heteroatoms. The number of alkyl halides is 2. The molecule has 1 saturated carbocycles. The predicted molar refractivity (Wildman–Crippen MR) is 56.4 cm³/mol. The second-order valence-corrected chi connectivity index (χ2v) is 5.49. The van der Waals surface area contributed by atoms with Gasteiger partial charge in [-0.3, -0.25) is 0 Å². The SMILES string of the molecule is Cn1ccc(C(C)(C)C)c1C1CC1(F)F. The van der Waals surface area contributed by atoms with Crippen LogP contribution in [0, 0.1) is 0 Å². The second-order valence-electron chi connectivity index (χ2n) is 5.49. The molecule has 2 rings (SSSR count). The maximum Gasteiger partial charge on any atom is 0.257 e. The first-order valence-corrected chi connectivity index (χ1v) is 5.27. The van der Waals surface area contributed by atoms with Crippen molar-refractivity contribution in [2.75, 3.05) is 0 Å². The van der Waals surface area contributed by atoms with Gasteiger partial charge in [0.05, 0.1) is 5.92 Å². The Hall–Kier alpha value is -0.860. The molecule has 1 aromatic heterocycles. The first-order chi connectivity index (χ1) is 6.73. The zero-order valence-electron chi connectivity index (χ0n) is 9.64. The molecule has 0 N–H and O–H groups in total. The lowest BCUT2D eigenvalue weighted by molar-refractivity contribution is 0.111. The van der Waals surface area contributed by atoms with Crippen molar-refractivity contribution in [2.45, 2.75) is 44.4 Å². The van der Waals surface area contributed by atoms with Crippen LogP contribution in [0.3, 0.4) is 0 Å². The van der Waals surface area contributed by atoms with Crippen molar-refractivity contribution in [3.05, 3.63) is 23.5 Å². The smallest absolute Gasteiger partial charge is 0.257 e. The normalized spacial score (nSPS) is 24.3. The molecular formula is C12H17F2N. The summed E-state index contributed by atoms with van der Waals surface area (Å²) in [7, 11) is 1.85. The fraction of sp³-hybridized carbons (Fsp3) is 0.667. The first-order valence-electron chi connectivity index (χ1n) is 5.27. The van der Waals surface area contributed by atoms with E-state index in [0.29, 0.717) is 0 Å². The Morgan fingerprint density at radius 2 is 1.93 bits per heavy atom. The lowest BCUT2D eigenvalue weighted by Crippen LogP contribution is -2.14. The molecular weight excluding hydrogens is 196 g/mol. The van der Waals surface area contributed by atoms with Crippen molar-refractivity contribution >= 4 is 0 Å². The number of nitrogens with zero attached hydrogens (tertiary/aromatic N) is 1. The third-order valence-electron chi connectivity index (χ3n) is 3.08. The molecule has 1 heterocycles. The molecule has 0 amide bonds. The van der Waals surface area contributed by atoms with Crippen LogP contribution in [0.4, 0.5) is 8.78 Å². The summed E-state index contributed by atoms with van der Waals surface area (Å²) in [5.41, 5.74) is 1.80. The van der Waals surface area contributed by atoms with E-state index in [1.54, 1.807) is 0 Å². The number of halogens is 2. The van der Waals surface area contributed by atoms with Crippen LogP contribution in [-0.4, -0.2) is 10.5 Å². The molecule has 1 nitrogen and oxygen atoms in total. The van der Waals surface area contributed by atoms with Crippen LogP contribution >= 0.6 is 0 Å². The molecule has 1 aliphatic carbocycles. The number of aryl methyl sites for hydroxylation is 1. The van der Waals surface area contributed by atoms with Gasteiger partial charge in [-0.2, -0.15) is 0 Å². The van der Waals surface area contributed by atoms with E-state index in [1.807, 2.05) is 23.9 Å². The molecule has 0 aromatic carbocycles. The van der Waals surface area contributed by atoms with Crippen molar-refractivity contribution in [3.63, 3.8) is 0 Å². The highest BCUT2D eigenvalue weighted by Crippen LogP contribution is 2.57. The summed E-state index contributed by atoms with van der Waals surface area (Å²) >= 11 is 0. The summed E-state index contributed by atoms with van der Waals surface area (Å²) in [6.07, 6.45) is 1.89. The third-order valence-corrected chi connectivity index (χ3v) is 3.08. The van der Waals surface area contributed by atoms with E-state index in [1.165, 1.54) is 0 Å². The molecule has 1 fully saturated rings. The van der Waals surface area contributed by atoms with Gasteiger partial charge in [0.25, 0.3) is 5.92 Å². The monoisotopic (exact) mass is 213 g/mol. The van der Waals surface area contributed by atoms with Gasteiger partial charge >= 0.3 is 0 Å². The Kier molecular flexibility index (Phi) is 2.01. The minimum Gasteiger partial charge on any atom is -0.354 e. The molecule has 1 atom stereocenters. The summed E-state index contributed by atoms with van der Waals surface area (Å²) < 4.78 is 28.0. The fourth-order valence-corrected chi connectivity index (χ4v) is 2.12. The highest BCUT2D eigenvalue weighted by atomic mass is 19.3. The van der Waals surface area contributed by atoms with Crippen LogP contribution in [0.15, 0.2) is 12.3 Å². The standard InChI is InChI=1S/C12H17F2N/c1-11(2,3)8-5-6-15(4)10(8)9-7-12(9,13)14/h5-6,9H,7H2,1-4H3. The molecule has 1 aromatic rings. The average Bonchev–Trinajstić information content (AvgIpc) is 2.52. The Labute approximate surface area is 89.1 Å². The Morgan fingerprint density at radius 1 is 1.40 bits per heavy atom. The van der Waals surface area contributed by atoms with Gasteiger partial charge in [0, 0.05) is 25.4 Å². The van der Waals surface area contributed by atoms with Crippen LogP contribution < -0.4 is 0 Å². The topological polar surface area (TPSA) is 4.93 Å². The van der Waals surface area contributed by atoms with Gasteiger partial charge in [0.2, 0.25) is 0 Å². The Bertz CT molecular complexity index is 385. The molecule has 0 radical (unpaired) electrons. The van der Waals surface area contributed by atoms with E-state index < -0.39 is 11.8 Å². The summed E-state index contributed by atoms with van der Waals surface area (Å²) in [6.45, 7) is 6.19. The van der Waals surface area contributed by atoms with Gasteiger partial charge in [-0.25, -0.2) is 8.78 Å².